The number of ether oxygens (including phenoxy) is 1. The van der Waals surface area contributed by atoms with Gasteiger partial charge >= 0.3 is 5.97 Å². The molecule has 0 aliphatic carbocycles. The molecule has 1 aromatic rings. The average molecular weight is 157 g/mol. The normalized spacial score (nSPS) is 8.09. The molecule has 0 fully saturated rings. The molecule has 1 aromatic heterocycles. The molecule has 0 saturated carbocycles. The van der Waals surface area contributed by atoms with Gasteiger partial charge < -0.3 is 4.74 Å². The Hall–Kier alpha value is -1.45. The summed E-state index contributed by atoms with van der Waals surface area (Å²) in [5.74, 6) is -0.402. The summed E-state index contributed by atoms with van der Waals surface area (Å²) in [7, 11) is 1.33. The van der Waals surface area contributed by atoms with Gasteiger partial charge in [0, 0.05) is 6.20 Å². The summed E-state index contributed by atoms with van der Waals surface area (Å²) in [5, 5.41) is 0. The van der Waals surface area contributed by atoms with Crippen molar-refractivity contribution >= 4 is 5.97 Å². The van der Waals surface area contributed by atoms with Crippen LogP contribution in [0.15, 0.2) is 24.4 Å². The van der Waals surface area contributed by atoms with Crippen molar-refractivity contribution in [2.45, 2.75) is 0 Å². The third kappa shape index (κ3) is 2.33. The summed E-state index contributed by atoms with van der Waals surface area (Å²) in [6.07, 6.45) is 1.55. The first-order valence-corrected chi connectivity index (χ1v) is 2.84. The largest absolute Gasteiger partial charge is 0.464 e. The zero-order valence-corrected chi connectivity index (χ0v) is 5.98. The first-order valence-electron chi connectivity index (χ1n) is 2.84. The first kappa shape index (κ1) is 9.55. The van der Waals surface area contributed by atoms with E-state index in [9.17, 15) is 4.79 Å². The van der Waals surface area contributed by atoms with E-state index in [0.29, 0.717) is 5.69 Å². The molecule has 0 saturated heterocycles. The lowest BCUT2D eigenvalue weighted by Crippen LogP contribution is -2.02. The number of hydrogen-bond donors (Lipinski definition) is 0. The number of nitrogens with zero attached hydrogens (tertiary/aromatic N) is 1. The molecule has 0 unspecified atom stereocenters. The number of esters is 1. The van der Waals surface area contributed by atoms with Crippen LogP contribution in [0.1, 0.15) is 10.5 Å². The second-order valence-electron chi connectivity index (χ2n) is 1.71. The van der Waals surface area contributed by atoms with E-state index in [-0.39, 0.29) is 4.70 Å². The summed E-state index contributed by atoms with van der Waals surface area (Å²) < 4.78 is 4.43. The van der Waals surface area contributed by atoms with Crippen LogP contribution < -0.4 is 0 Å². The number of halogens is 1. The summed E-state index contributed by atoms with van der Waals surface area (Å²) in [6.45, 7) is 0. The number of pyridine rings is 1. The van der Waals surface area contributed by atoms with Gasteiger partial charge in [-0.1, -0.05) is 6.07 Å². The molecule has 0 aliphatic rings. The predicted octanol–water partition coefficient (Wildman–Crippen LogP) is 1.02. The standard InChI is InChI=1S/C7H7NO2.FH/c1-10-7(9)6-4-2-3-5-8-6;/h2-5H,1H3;1H. The monoisotopic (exact) mass is 157 g/mol. The lowest BCUT2D eigenvalue weighted by molar-refractivity contribution is 0.0594. The predicted molar refractivity (Wildman–Crippen MR) is 38.1 cm³/mol. The Morgan fingerprint density at radius 2 is 2.27 bits per heavy atom. The number of carbonyl (C=O) groups is 1. The second kappa shape index (κ2) is 4.38. The van der Waals surface area contributed by atoms with Crippen LogP contribution in [0.2, 0.25) is 0 Å². The van der Waals surface area contributed by atoms with Crippen molar-refractivity contribution in [3.63, 3.8) is 0 Å². The molecule has 1 heterocycles. The lowest BCUT2D eigenvalue weighted by Gasteiger charge is -1.94. The van der Waals surface area contributed by atoms with Crippen molar-refractivity contribution < 1.29 is 14.2 Å². The molecular weight excluding hydrogens is 149 g/mol. The molecule has 0 spiro atoms. The molecular formula is C7H8FNO2. The molecule has 1 rings (SSSR count). The van der Waals surface area contributed by atoms with E-state index < -0.39 is 5.97 Å². The maximum absolute atomic E-state index is 10.7. The first-order chi connectivity index (χ1) is 4.84. The van der Waals surface area contributed by atoms with Crippen LogP contribution in [-0.2, 0) is 4.74 Å². The third-order valence-corrected chi connectivity index (χ3v) is 1.06. The number of rotatable bonds is 1. The van der Waals surface area contributed by atoms with Gasteiger partial charge in [-0.15, -0.1) is 0 Å². The van der Waals surface area contributed by atoms with E-state index >= 15 is 0 Å². The maximum atomic E-state index is 10.7. The Bertz CT molecular complexity index is 225. The van der Waals surface area contributed by atoms with Crippen molar-refractivity contribution in [2.24, 2.45) is 0 Å². The minimum absolute atomic E-state index is 0. The number of hydrogen-bond acceptors (Lipinski definition) is 3. The van der Waals surface area contributed by atoms with Crippen molar-refractivity contribution in [2.75, 3.05) is 7.11 Å². The van der Waals surface area contributed by atoms with Crippen molar-refractivity contribution in [3.05, 3.63) is 30.1 Å². The summed E-state index contributed by atoms with van der Waals surface area (Å²) >= 11 is 0. The minimum Gasteiger partial charge on any atom is -0.464 e. The number of aromatic nitrogens is 1. The van der Waals surface area contributed by atoms with Gasteiger partial charge in [0.15, 0.2) is 0 Å². The Balaban J connectivity index is 0.000001000. The molecule has 0 aromatic carbocycles. The van der Waals surface area contributed by atoms with Gasteiger partial charge in [0.2, 0.25) is 0 Å². The number of methoxy groups -OCH3 is 1. The fourth-order valence-electron chi connectivity index (χ4n) is 0.588. The van der Waals surface area contributed by atoms with Crippen LogP contribution in [0.3, 0.4) is 0 Å². The van der Waals surface area contributed by atoms with Gasteiger partial charge in [0.1, 0.15) is 5.69 Å². The fraction of sp³-hybridized carbons (Fsp3) is 0.143. The van der Waals surface area contributed by atoms with Crippen LogP contribution in [0.25, 0.3) is 0 Å². The van der Waals surface area contributed by atoms with E-state index in [1.807, 2.05) is 0 Å². The van der Waals surface area contributed by atoms with E-state index in [1.165, 1.54) is 7.11 Å². The van der Waals surface area contributed by atoms with E-state index in [2.05, 4.69) is 9.72 Å². The maximum Gasteiger partial charge on any atom is 0.356 e. The van der Waals surface area contributed by atoms with Gasteiger partial charge in [-0.3, -0.25) is 4.70 Å². The molecule has 0 N–H and O–H groups in total. The Morgan fingerprint density at radius 3 is 2.73 bits per heavy atom. The second-order valence-corrected chi connectivity index (χ2v) is 1.71. The quantitative estimate of drug-likeness (QED) is 0.571. The van der Waals surface area contributed by atoms with Crippen molar-refractivity contribution in [1.29, 1.82) is 0 Å². The summed E-state index contributed by atoms with van der Waals surface area (Å²) in [6, 6.07) is 5.08. The fourth-order valence-corrected chi connectivity index (χ4v) is 0.588. The van der Waals surface area contributed by atoms with Crippen LogP contribution in [0.5, 0.6) is 0 Å². The highest BCUT2D eigenvalue weighted by Crippen LogP contribution is 1.93. The Kier molecular flexibility index (Phi) is 3.80. The zero-order chi connectivity index (χ0) is 7.40. The topological polar surface area (TPSA) is 39.2 Å². The molecule has 0 bridgehead atoms. The molecule has 0 aliphatic heterocycles. The highest BCUT2D eigenvalue weighted by Gasteiger charge is 2.02. The van der Waals surface area contributed by atoms with E-state index in [1.54, 1.807) is 24.4 Å². The molecule has 60 valence electrons. The molecule has 11 heavy (non-hydrogen) atoms. The lowest BCUT2D eigenvalue weighted by atomic mass is 10.4. The van der Waals surface area contributed by atoms with E-state index in [4.69, 9.17) is 0 Å². The molecule has 3 nitrogen and oxygen atoms in total. The minimum atomic E-state index is -0.402. The zero-order valence-electron chi connectivity index (χ0n) is 5.98. The van der Waals surface area contributed by atoms with Crippen LogP contribution in [0, 0.1) is 0 Å². The van der Waals surface area contributed by atoms with Gasteiger partial charge in [-0.25, -0.2) is 9.78 Å². The summed E-state index contributed by atoms with van der Waals surface area (Å²) in [4.78, 5) is 14.5. The van der Waals surface area contributed by atoms with Gasteiger partial charge in [-0.05, 0) is 12.1 Å². The van der Waals surface area contributed by atoms with Gasteiger partial charge in [-0.2, -0.15) is 0 Å². The average Bonchev–Trinajstić information content (AvgIpc) is 2.05. The molecule has 0 amide bonds. The smallest absolute Gasteiger partial charge is 0.356 e. The molecule has 0 radical (unpaired) electrons. The highest BCUT2D eigenvalue weighted by molar-refractivity contribution is 5.86. The van der Waals surface area contributed by atoms with Crippen LogP contribution in [-0.4, -0.2) is 18.1 Å². The van der Waals surface area contributed by atoms with Crippen LogP contribution >= 0.6 is 0 Å². The van der Waals surface area contributed by atoms with Crippen molar-refractivity contribution in [1.82, 2.24) is 4.98 Å². The highest BCUT2D eigenvalue weighted by atomic mass is 19.0. The third-order valence-electron chi connectivity index (χ3n) is 1.06. The van der Waals surface area contributed by atoms with E-state index in [0.717, 1.165) is 0 Å². The van der Waals surface area contributed by atoms with Gasteiger partial charge in [0.05, 0.1) is 7.11 Å². The van der Waals surface area contributed by atoms with Crippen molar-refractivity contribution in [3.8, 4) is 0 Å². The SMILES string of the molecule is COC(=O)c1ccccn1.F. The Labute approximate surface area is 63.4 Å². The summed E-state index contributed by atoms with van der Waals surface area (Å²) in [5.41, 5.74) is 0.338. The molecule has 0 atom stereocenters. The van der Waals surface area contributed by atoms with Crippen LogP contribution in [0.4, 0.5) is 4.70 Å². The Morgan fingerprint density at radius 1 is 1.55 bits per heavy atom. The number of carbonyl (C=O) groups excluding carboxylic acids is 1. The molecule has 4 heteroatoms. The van der Waals surface area contributed by atoms with Gasteiger partial charge in [0.25, 0.3) is 0 Å².